The number of hydrogen-bond acceptors (Lipinski definition) is 6. The normalized spacial score (nSPS) is 43.9. The molecule has 14 rings (SSSR count). The fourth-order valence-electron chi connectivity index (χ4n) is 20.2. The fourth-order valence-corrected chi connectivity index (χ4v) is 20.2. The van der Waals surface area contributed by atoms with Crippen molar-refractivity contribution in [2.24, 2.45) is 104 Å². The van der Waals surface area contributed by atoms with E-state index in [9.17, 15) is 39.0 Å². The van der Waals surface area contributed by atoms with E-state index in [-0.39, 0.29) is 81.8 Å². The average Bonchev–Trinajstić information content (AvgIpc) is 3.78. The minimum atomic E-state index is -0.796. The number of anilines is 2. The molecule has 0 aromatic heterocycles. The maximum absolute atomic E-state index is 15.0. The molecule has 16 atom stereocenters. The van der Waals surface area contributed by atoms with Gasteiger partial charge in [-0.05, 0) is 178 Å². The van der Waals surface area contributed by atoms with E-state index in [1.165, 1.54) is 20.9 Å². The van der Waals surface area contributed by atoms with Gasteiger partial charge in [0, 0.05) is 10.8 Å². The number of imide groups is 2. The first-order valence-electron chi connectivity index (χ1n) is 27.4. The molecule has 2 saturated heterocycles. The van der Waals surface area contributed by atoms with E-state index in [2.05, 4.69) is 53.7 Å². The Morgan fingerprint density at radius 3 is 1.24 bits per heavy atom. The number of nitrogens with zero attached hydrogens (tertiary/aromatic N) is 2. The Bertz CT molecular complexity index is 2570. The zero-order chi connectivity index (χ0) is 50.3. The van der Waals surface area contributed by atoms with Gasteiger partial charge in [0.25, 0.3) is 0 Å². The SMILES string of the molecule is CC(C)C1=CC23CCC4C(C)(C(=O)O)CCCC4(C)C2CC1C1C(=O)N(c2ccc(Cc4ccc(N5C(=O)C6C7CC8C9(C)CCCC(C)(C(=O)O)C9CCC8(C=C7C(C)C)C6C5=O)cc4)cc2)C(=O)C13. The summed E-state index contributed by atoms with van der Waals surface area (Å²) in [7, 11) is 0. The minimum absolute atomic E-state index is 0.0255. The van der Waals surface area contributed by atoms with Crippen LogP contribution < -0.4 is 9.80 Å². The number of hydrogen-bond donors (Lipinski definition) is 2. The Morgan fingerprint density at radius 1 is 0.535 bits per heavy atom. The van der Waals surface area contributed by atoms with Crippen LogP contribution in [-0.2, 0) is 35.2 Å². The van der Waals surface area contributed by atoms with E-state index in [1.807, 2.05) is 62.4 Å². The van der Waals surface area contributed by atoms with Crippen LogP contribution in [0.2, 0.25) is 0 Å². The number of carboxylic acid groups (broad SMARTS) is 2. The number of allylic oxidation sites excluding steroid dienone is 4. The summed E-state index contributed by atoms with van der Waals surface area (Å²) in [6, 6.07) is 15.6. The van der Waals surface area contributed by atoms with Gasteiger partial charge < -0.3 is 10.2 Å². The molecule has 2 aromatic carbocycles. The highest BCUT2D eigenvalue weighted by Crippen LogP contribution is 2.76. The van der Waals surface area contributed by atoms with Crippen LogP contribution in [0.5, 0.6) is 0 Å². The summed E-state index contributed by atoms with van der Waals surface area (Å²) in [5.41, 5.74) is 2.74. The number of aliphatic carboxylic acids is 2. The first-order valence-corrected chi connectivity index (χ1v) is 27.4. The van der Waals surface area contributed by atoms with Crippen LogP contribution in [0, 0.1) is 104 Å². The van der Waals surface area contributed by atoms with Crippen LogP contribution in [0.4, 0.5) is 11.4 Å². The van der Waals surface area contributed by atoms with E-state index < -0.39 is 57.3 Å². The molecule has 2 aromatic rings. The van der Waals surface area contributed by atoms with Crippen molar-refractivity contribution in [3.63, 3.8) is 0 Å². The quantitative estimate of drug-likeness (QED) is 0.196. The van der Waals surface area contributed by atoms with Crippen LogP contribution in [-0.4, -0.2) is 45.8 Å². The third-order valence-electron chi connectivity index (χ3n) is 23.1. The minimum Gasteiger partial charge on any atom is -0.481 e. The Kier molecular flexibility index (Phi) is 10.2. The molecule has 10 heteroatoms. The molecule has 71 heavy (non-hydrogen) atoms. The zero-order valence-electron chi connectivity index (χ0n) is 43.1. The third kappa shape index (κ3) is 5.94. The lowest BCUT2D eigenvalue weighted by Crippen LogP contribution is -2.65. The van der Waals surface area contributed by atoms with E-state index in [1.54, 1.807) is 0 Å². The van der Waals surface area contributed by atoms with Crippen molar-refractivity contribution in [1.29, 1.82) is 0 Å². The Balaban J connectivity index is 0.781. The molecule has 6 saturated carbocycles. The van der Waals surface area contributed by atoms with Gasteiger partial charge in [-0.3, -0.25) is 38.6 Å². The molecule has 12 aliphatic rings. The van der Waals surface area contributed by atoms with E-state index in [4.69, 9.17) is 0 Å². The monoisotopic (exact) mass is 963 g/mol. The maximum atomic E-state index is 15.0. The van der Waals surface area contributed by atoms with Crippen LogP contribution in [0.1, 0.15) is 144 Å². The van der Waals surface area contributed by atoms with Crippen molar-refractivity contribution >= 4 is 46.9 Å². The number of carboxylic acids is 2. The van der Waals surface area contributed by atoms with Crippen LogP contribution in [0.3, 0.4) is 0 Å². The zero-order valence-corrected chi connectivity index (χ0v) is 43.1. The second-order valence-corrected chi connectivity index (χ2v) is 26.5. The molecular formula is C61H74N2O8. The fraction of sp³-hybridized carbons (Fsp3) is 0.639. The summed E-state index contributed by atoms with van der Waals surface area (Å²) in [5, 5.41) is 21.1. The van der Waals surface area contributed by atoms with Crippen molar-refractivity contribution in [3.8, 4) is 0 Å². The smallest absolute Gasteiger partial charge is 0.309 e. The van der Waals surface area contributed by atoms with Crippen molar-refractivity contribution in [2.75, 3.05) is 9.80 Å². The van der Waals surface area contributed by atoms with Crippen molar-refractivity contribution in [2.45, 2.75) is 139 Å². The number of carbonyl (C=O) groups is 6. The Morgan fingerprint density at radius 2 is 0.901 bits per heavy atom. The van der Waals surface area contributed by atoms with E-state index in [0.29, 0.717) is 30.6 Å². The lowest BCUT2D eigenvalue weighted by atomic mass is 9.34. The second-order valence-electron chi connectivity index (χ2n) is 26.5. The molecule has 4 amide bonds. The topological polar surface area (TPSA) is 149 Å². The van der Waals surface area contributed by atoms with Gasteiger partial charge >= 0.3 is 11.9 Å². The molecular weight excluding hydrogens is 889 g/mol. The lowest BCUT2D eigenvalue weighted by molar-refractivity contribution is -0.194. The van der Waals surface area contributed by atoms with Crippen LogP contribution in [0.15, 0.2) is 71.8 Å². The first-order chi connectivity index (χ1) is 33.6. The summed E-state index contributed by atoms with van der Waals surface area (Å²) >= 11 is 0. The maximum Gasteiger partial charge on any atom is 0.309 e. The van der Waals surface area contributed by atoms with E-state index >= 15 is 0 Å². The number of carbonyl (C=O) groups excluding carboxylic acids is 4. The van der Waals surface area contributed by atoms with Crippen molar-refractivity contribution in [1.82, 2.24) is 0 Å². The molecule has 4 bridgehead atoms. The van der Waals surface area contributed by atoms with Gasteiger partial charge in [-0.25, -0.2) is 0 Å². The molecule has 8 fully saturated rings. The predicted octanol–water partition coefficient (Wildman–Crippen LogP) is 11.3. The number of fused-ring (bicyclic) bond motifs is 2. The number of amides is 4. The first kappa shape index (κ1) is 47.2. The predicted molar refractivity (Wildman–Crippen MR) is 269 cm³/mol. The lowest BCUT2D eigenvalue weighted by Gasteiger charge is -2.68. The summed E-state index contributed by atoms with van der Waals surface area (Å²) in [6.45, 7) is 17.3. The molecule has 10 aliphatic carbocycles. The highest BCUT2D eigenvalue weighted by atomic mass is 16.4. The van der Waals surface area contributed by atoms with Crippen molar-refractivity contribution < 1.29 is 39.0 Å². The molecule has 0 radical (unpaired) electrons. The van der Waals surface area contributed by atoms with Gasteiger partial charge in [0.2, 0.25) is 23.6 Å². The molecule has 16 unspecified atom stereocenters. The third-order valence-corrected chi connectivity index (χ3v) is 23.1. The Hall–Kier alpha value is -4.86. The highest BCUT2D eigenvalue weighted by molar-refractivity contribution is 6.24. The summed E-state index contributed by atoms with van der Waals surface area (Å²) < 4.78 is 0. The Labute approximate surface area is 419 Å². The molecule has 2 aliphatic heterocycles. The van der Waals surface area contributed by atoms with Gasteiger partial charge in [0.1, 0.15) is 0 Å². The van der Waals surface area contributed by atoms with Gasteiger partial charge in [0.15, 0.2) is 0 Å². The summed E-state index contributed by atoms with van der Waals surface area (Å²) in [5.74, 6) is -2.87. The second kappa shape index (κ2) is 15.3. The molecule has 376 valence electrons. The van der Waals surface area contributed by atoms with Gasteiger partial charge in [-0.2, -0.15) is 0 Å². The van der Waals surface area contributed by atoms with Gasteiger partial charge in [-0.1, -0.05) is 102 Å². The van der Waals surface area contributed by atoms with Crippen molar-refractivity contribution in [3.05, 3.63) is 83.0 Å². The molecule has 10 nitrogen and oxygen atoms in total. The highest BCUT2D eigenvalue weighted by Gasteiger charge is 2.75. The largest absolute Gasteiger partial charge is 0.481 e. The number of rotatable bonds is 8. The van der Waals surface area contributed by atoms with Gasteiger partial charge in [0.05, 0.1) is 45.9 Å². The molecule has 2 spiro atoms. The average molecular weight is 963 g/mol. The number of benzene rings is 2. The molecule has 2 heterocycles. The summed E-state index contributed by atoms with van der Waals surface area (Å²) in [6.07, 6.45) is 15.0. The standard InChI is InChI=1S/C61H74N2O8/c1-32(2)40-30-60-25-19-42-56(5,21-9-23-58(42,7)54(68)69)44(60)28-38(40)46-48(60)52(66)62(50(46)64)36-15-11-34(12-16-36)27-35-13-17-37(18-14-35)63-51(65)47-39-29-45-57(6)22-10-24-59(8,55(70)71)43(57)20-26-61(45,49(47)53(63)67)31-41(39)33(3)4/h11-18,30-33,38-39,42-49H,9-10,19-29H2,1-8H3,(H,68,69)(H,70,71). The molecule has 2 N–H and O–H groups in total. The van der Waals surface area contributed by atoms with Gasteiger partial charge in [-0.15, -0.1) is 0 Å². The van der Waals surface area contributed by atoms with E-state index in [0.717, 1.165) is 75.3 Å². The van der Waals surface area contributed by atoms with Crippen LogP contribution in [0.25, 0.3) is 0 Å². The van der Waals surface area contributed by atoms with Crippen LogP contribution >= 0.6 is 0 Å². The summed E-state index contributed by atoms with van der Waals surface area (Å²) in [4.78, 5) is 88.2.